The average molecular weight is 551 g/mol. The molecule has 10 heteroatoms. The molecule has 8 nitrogen and oxygen atoms in total. The van der Waals surface area contributed by atoms with Crippen molar-refractivity contribution >= 4 is 34.8 Å². The minimum absolute atomic E-state index is 0.0429. The molecule has 0 radical (unpaired) electrons. The van der Waals surface area contributed by atoms with Crippen LogP contribution in [0.15, 0.2) is 17.6 Å². The second-order valence-electron chi connectivity index (χ2n) is 9.55. The molecule has 2 aliphatic rings. The van der Waals surface area contributed by atoms with Gasteiger partial charge in [0.15, 0.2) is 11.5 Å². The van der Waals surface area contributed by atoms with Gasteiger partial charge >= 0.3 is 5.97 Å². The standard InChI is InChI=1S/C27H35ClN2O6S/c1-33-20-13-18(14-21(34-2)24(20)35-3)23(17-9-5-4-6-10-17)26(31)30-12-8-7-11-19(30)27(32)36-15-22-25(28)29-16-37-22/h13-14,16-17,19,23H,4-12,15H2,1-3H3/t19-,23-/m0/s1. The molecule has 4 rings (SSSR count). The van der Waals surface area contributed by atoms with Gasteiger partial charge in [-0.3, -0.25) is 4.79 Å². The predicted octanol–water partition coefficient (Wildman–Crippen LogP) is 5.61. The third kappa shape index (κ3) is 6.14. The summed E-state index contributed by atoms with van der Waals surface area (Å²) in [5.74, 6) is 0.827. The van der Waals surface area contributed by atoms with Gasteiger partial charge in [-0.15, -0.1) is 11.3 Å². The van der Waals surface area contributed by atoms with E-state index in [4.69, 9.17) is 30.5 Å². The summed E-state index contributed by atoms with van der Waals surface area (Å²) >= 11 is 7.41. The van der Waals surface area contributed by atoms with Crippen molar-refractivity contribution < 1.29 is 28.5 Å². The highest BCUT2D eigenvalue weighted by Crippen LogP contribution is 2.45. The summed E-state index contributed by atoms with van der Waals surface area (Å²) in [4.78, 5) is 34.0. The molecule has 0 N–H and O–H groups in total. The number of carbonyl (C=O) groups excluding carboxylic acids is 2. The number of thiazole rings is 1. The minimum Gasteiger partial charge on any atom is -0.493 e. The number of ether oxygens (including phenoxy) is 4. The summed E-state index contributed by atoms with van der Waals surface area (Å²) < 4.78 is 22.3. The summed E-state index contributed by atoms with van der Waals surface area (Å²) in [5.41, 5.74) is 2.44. The van der Waals surface area contributed by atoms with E-state index in [0.29, 0.717) is 40.2 Å². The highest BCUT2D eigenvalue weighted by Gasteiger charge is 2.41. The third-order valence-corrected chi connectivity index (χ3v) is 8.67. The predicted molar refractivity (Wildman–Crippen MR) is 142 cm³/mol. The van der Waals surface area contributed by atoms with Crippen LogP contribution in [-0.4, -0.2) is 55.7 Å². The van der Waals surface area contributed by atoms with Crippen LogP contribution in [0.2, 0.25) is 5.15 Å². The molecule has 0 unspecified atom stereocenters. The van der Waals surface area contributed by atoms with E-state index < -0.39 is 17.9 Å². The number of aromatic nitrogens is 1. The largest absolute Gasteiger partial charge is 0.493 e. The fourth-order valence-corrected chi connectivity index (χ4v) is 6.42. The van der Waals surface area contributed by atoms with Gasteiger partial charge in [-0.25, -0.2) is 9.78 Å². The number of benzene rings is 1. The van der Waals surface area contributed by atoms with E-state index in [1.54, 1.807) is 31.7 Å². The Morgan fingerprint density at radius 3 is 2.30 bits per heavy atom. The minimum atomic E-state index is -0.624. The lowest BCUT2D eigenvalue weighted by molar-refractivity contribution is -0.159. The van der Waals surface area contributed by atoms with E-state index in [-0.39, 0.29) is 18.4 Å². The van der Waals surface area contributed by atoms with Crippen molar-refractivity contribution in [3.05, 3.63) is 33.2 Å². The average Bonchev–Trinajstić information content (AvgIpc) is 3.36. The van der Waals surface area contributed by atoms with Gasteiger partial charge in [-0.1, -0.05) is 30.9 Å². The van der Waals surface area contributed by atoms with Crippen molar-refractivity contribution in [1.29, 1.82) is 0 Å². The highest BCUT2D eigenvalue weighted by atomic mass is 35.5. The number of likely N-dealkylation sites (tertiary alicyclic amines) is 1. The Hall–Kier alpha value is -2.52. The normalized spacial score (nSPS) is 19.2. The number of piperidine rings is 1. The molecule has 37 heavy (non-hydrogen) atoms. The molecule has 202 valence electrons. The lowest BCUT2D eigenvalue weighted by Crippen LogP contribution is -2.51. The zero-order valence-electron chi connectivity index (χ0n) is 21.7. The number of esters is 1. The molecule has 1 aliphatic heterocycles. The van der Waals surface area contributed by atoms with E-state index in [1.165, 1.54) is 17.8 Å². The Bertz CT molecular complexity index is 1060. The first-order chi connectivity index (χ1) is 18.0. The number of methoxy groups -OCH3 is 3. The molecule has 1 saturated carbocycles. The van der Waals surface area contributed by atoms with Crippen LogP contribution in [-0.2, 0) is 20.9 Å². The second-order valence-corrected chi connectivity index (χ2v) is 10.8. The SMILES string of the molecule is COc1cc([C@@H](C(=O)N2CCCC[C@H]2C(=O)OCc2scnc2Cl)C2CCCCC2)cc(OC)c1OC. The van der Waals surface area contributed by atoms with Gasteiger partial charge < -0.3 is 23.8 Å². The van der Waals surface area contributed by atoms with Crippen molar-refractivity contribution in [3.63, 3.8) is 0 Å². The molecule has 1 aliphatic carbocycles. The molecule has 1 amide bonds. The number of halogens is 1. The number of amides is 1. The molecule has 0 spiro atoms. The highest BCUT2D eigenvalue weighted by molar-refractivity contribution is 7.10. The van der Waals surface area contributed by atoms with Crippen LogP contribution in [0, 0.1) is 5.92 Å². The smallest absolute Gasteiger partial charge is 0.329 e. The van der Waals surface area contributed by atoms with Gasteiger partial charge in [-0.05, 0) is 55.7 Å². The fraction of sp³-hybridized carbons (Fsp3) is 0.593. The number of carbonyl (C=O) groups is 2. The van der Waals surface area contributed by atoms with Crippen molar-refractivity contribution in [3.8, 4) is 17.2 Å². The number of nitrogens with zero attached hydrogens (tertiary/aromatic N) is 2. The van der Waals surface area contributed by atoms with Crippen LogP contribution < -0.4 is 14.2 Å². The summed E-state index contributed by atoms with van der Waals surface area (Å²) in [7, 11) is 4.71. The van der Waals surface area contributed by atoms with E-state index in [2.05, 4.69) is 4.98 Å². The van der Waals surface area contributed by atoms with E-state index in [1.807, 2.05) is 12.1 Å². The van der Waals surface area contributed by atoms with Gasteiger partial charge in [0.05, 0.1) is 37.6 Å². The molecule has 2 aromatic rings. The second kappa shape index (κ2) is 12.8. The first-order valence-corrected chi connectivity index (χ1v) is 14.1. The van der Waals surface area contributed by atoms with Crippen molar-refractivity contribution in [1.82, 2.24) is 9.88 Å². The van der Waals surface area contributed by atoms with Gasteiger partial charge in [-0.2, -0.15) is 0 Å². The van der Waals surface area contributed by atoms with E-state index in [0.717, 1.165) is 44.1 Å². The Labute approximate surface area is 227 Å². The van der Waals surface area contributed by atoms with Gasteiger partial charge in [0, 0.05) is 6.54 Å². The summed E-state index contributed by atoms with van der Waals surface area (Å²) in [5, 5.41) is 0.342. The molecule has 1 aromatic heterocycles. The molecule has 1 saturated heterocycles. The molecule has 0 bridgehead atoms. The molecule has 2 fully saturated rings. The maximum Gasteiger partial charge on any atom is 0.329 e. The van der Waals surface area contributed by atoms with Crippen molar-refractivity contribution in [2.75, 3.05) is 27.9 Å². The summed E-state index contributed by atoms with van der Waals surface area (Å²) in [6, 6.07) is 3.13. The maximum atomic E-state index is 14.3. The number of hydrogen-bond acceptors (Lipinski definition) is 8. The molecular weight excluding hydrogens is 516 g/mol. The van der Waals surface area contributed by atoms with Crippen molar-refractivity contribution in [2.24, 2.45) is 5.92 Å². The molecular formula is C27H35ClN2O6S. The van der Waals surface area contributed by atoms with Gasteiger partial charge in [0.1, 0.15) is 17.8 Å². The first-order valence-electron chi connectivity index (χ1n) is 12.8. The Kier molecular flexibility index (Phi) is 9.54. The molecule has 1 aromatic carbocycles. The van der Waals surface area contributed by atoms with Gasteiger partial charge in [0.25, 0.3) is 0 Å². The Morgan fingerprint density at radius 1 is 1.03 bits per heavy atom. The topological polar surface area (TPSA) is 87.2 Å². The van der Waals surface area contributed by atoms with Crippen molar-refractivity contribution in [2.45, 2.75) is 69.9 Å². The van der Waals surface area contributed by atoms with Gasteiger partial charge in [0.2, 0.25) is 11.7 Å². The lowest BCUT2D eigenvalue weighted by atomic mass is 9.75. The maximum absolute atomic E-state index is 14.3. The lowest BCUT2D eigenvalue weighted by Gasteiger charge is -2.39. The quantitative estimate of drug-likeness (QED) is 0.375. The van der Waals surface area contributed by atoms with Crippen LogP contribution >= 0.6 is 22.9 Å². The Balaban J connectivity index is 1.64. The monoisotopic (exact) mass is 550 g/mol. The third-order valence-electron chi connectivity index (χ3n) is 7.43. The number of hydrogen-bond donors (Lipinski definition) is 0. The fourth-order valence-electron chi connectivity index (χ4n) is 5.57. The van der Waals surface area contributed by atoms with Crippen LogP contribution in [0.4, 0.5) is 0 Å². The first kappa shape index (κ1) is 27.5. The van der Waals surface area contributed by atoms with Crippen LogP contribution in [0.3, 0.4) is 0 Å². The summed E-state index contributed by atoms with van der Waals surface area (Å²) in [6.07, 6.45) is 7.55. The number of rotatable bonds is 9. The van der Waals surface area contributed by atoms with Crippen LogP contribution in [0.5, 0.6) is 17.2 Å². The zero-order chi connectivity index (χ0) is 26.4. The summed E-state index contributed by atoms with van der Waals surface area (Å²) in [6.45, 7) is 0.577. The van der Waals surface area contributed by atoms with Crippen LogP contribution in [0.25, 0.3) is 0 Å². The van der Waals surface area contributed by atoms with E-state index >= 15 is 0 Å². The van der Waals surface area contributed by atoms with E-state index in [9.17, 15) is 9.59 Å². The molecule has 2 atom stereocenters. The molecule has 2 heterocycles. The zero-order valence-corrected chi connectivity index (χ0v) is 23.2. The van der Waals surface area contributed by atoms with Crippen LogP contribution in [0.1, 0.15) is 67.7 Å². The Morgan fingerprint density at radius 2 is 1.70 bits per heavy atom.